The molecule has 0 aliphatic carbocycles. The van der Waals surface area contributed by atoms with Crippen LogP contribution in [0.2, 0.25) is 0 Å². The molecule has 0 saturated heterocycles. The first-order chi connectivity index (χ1) is 16.8. The SMILES string of the molecule is Cc1cc(OP(=O)(O)O)c(C2(c3cc(O)cc(C(C)C)c3C)OC(=O)c3ccccc32)cc1C(C)C. The minimum atomic E-state index is -4.97. The average Bonchev–Trinajstić information content (AvgIpc) is 3.07. The Kier molecular flexibility index (Phi) is 6.54. The summed E-state index contributed by atoms with van der Waals surface area (Å²) < 4.78 is 23.5. The first-order valence-corrected chi connectivity index (χ1v) is 13.4. The molecule has 1 atom stereocenters. The van der Waals surface area contributed by atoms with E-state index < -0.39 is 19.4 Å². The molecule has 3 aromatic rings. The number of hydrogen-bond donors (Lipinski definition) is 3. The van der Waals surface area contributed by atoms with Gasteiger partial charge in [-0.3, -0.25) is 9.79 Å². The molecule has 1 aliphatic rings. The number of carbonyl (C=O) groups is 1. The van der Waals surface area contributed by atoms with E-state index in [4.69, 9.17) is 9.26 Å². The van der Waals surface area contributed by atoms with Crippen LogP contribution in [0.5, 0.6) is 11.5 Å². The average molecular weight is 511 g/mol. The minimum absolute atomic E-state index is 0.00671. The lowest BCUT2D eigenvalue weighted by Gasteiger charge is -2.35. The summed E-state index contributed by atoms with van der Waals surface area (Å²) >= 11 is 0. The summed E-state index contributed by atoms with van der Waals surface area (Å²) in [4.78, 5) is 32.8. The van der Waals surface area contributed by atoms with Crippen molar-refractivity contribution in [3.8, 4) is 11.5 Å². The van der Waals surface area contributed by atoms with E-state index in [0.717, 1.165) is 22.3 Å². The fraction of sp³-hybridized carbons (Fsp3) is 0.321. The number of esters is 1. The Bertz CT molecular complexity index is 1400. The molecule has 0 bridgehead atoms. The van der Waals surface area contributed by atoms with Crippen LogP contribution in [-0.4, -0.2) is 20.9 Å². The number of rotatable bonds is 6. The molecule has 4 rings (SSSR count). The number of fused-ring (bicyclic) bond motifs is 1. The second kappa shape index (κ2) is 9.07. The van der Waals surface area contributed by atoms with E-state index >= 15 is 0 Å². The smallest absolute Gasteiger partial charge is 0.508 e. The van der Waals surface area contributed by atoms with Gasteiger partial charge in [0.25, 0.3) is 0 Å². The third-order valence-electron chi connectivity index (χ3n) is 6.79. The third kappa shape index (κ3) is 4.32. The number of phenolic OH excluding ortho intramolecular Hbond substituents is 1. The Morgan fingerprint density at radius 3 is 2.14 bits per heavy atom. The van der Waals surface area contributed by atoms with Gasteiger partial charge in [-0.1, -0.05) is 45.9 Å². The maximum Gasteiger partial charge on any atom is 0.524 e. The molecule has 0 fully saturated rings. The highest BCUT2D eigenvalue weighted by molar-refractivity contribution is 7.46. The maximum atomic E-state index is 13.2. The summed E-state index contributed by atoms with van der Waals surface area (Å²) in [6.07, 6.45) is 0. The highest BCUT2D eigenvalue weighted by Gasteiger charge is 2.52. The molecule has 0 amide bonds. The van der Waals surface area contributed by atoms with Crippen molar-refractivity contribution in [1.29, 1.82) is 0 Å². The standard InChI is InChI=1S/C28H31O7P/c1-15(2)21-14-25(26(11-17(21)5)35-36(31,32)33)28(23-10-8-7-9-20(23)27(30)34-28)24-13-19(29)12-22(16(3)4)18(24)6/h7-16,29H,1-6H3,(H2,31,32,33). The predicted molar refractivity (Wildman–Crippen MR) is 137 cm³/mol. The molecule has 1 aliphatic heterocycles. The van der Waals surface area contributed by atoms with Gasteiger partial charge in [0, 0.05) is 16.7 Å². The highest BCUT2D eigenvalue weighted by Crippen LogP contribution is 2.54. The molecule has 3 N–H and O–H groups in total. The van der Waals surface area contributed by atoms with E-state index in [-0.39, 0.29) is 28.9 Å². The molecule has 3 aromatic carbocycles. The summed E-state index contributed by atoms with van der Waals surface area (Å²) in [7, 11) is -4.97. The Balaban J connectivity index is 2.21. The Morgan fingerprint density at radius 1 is 0.889 bits per heavy atom. The van der Waals surface area contributed by atoms with Crippen LogP contribution < -0.4 is 4.52 Å². The molecular formula is C28H31O7P. The number of ether oxygens (including phenoxy) is 1. The number of phosphoric acid groups is 1. The normalized spacial score (nSPS) is 17.4. The van der Waals surface area contributed by atoms with E-state index in [2.05, 4.69) is 0 Å². The fourth-order valence-corrected chi connectivity index (χ4v) is 5.65. The van der Waals surface area contributed by atoms with Crippen LogP contribution >= 0.6 is 7.82 Å². The highest BCUT2D eigenvalue weighted by atomic mass is 31.2. The number of benzene rings is 3. The molecule has 0 saturated carbocycles. The van der Waals surface area contributed by atoms with Gasteiger partial charge in [0.05, 0.1) is 5.56 Å². The van der Waals surface area contributed by atoms with Crippen molar-refractivity contribution in [1.82, 2.24) is 0 Å². The predicted octanol–water partition coefficient (Wildman–Crippen LogP) is 6.19. The van der Waals surface area contributed by atoms with Crippen LogP contribution in [0, 0.1) is 13.8 Å². The van der Waals surface area contributed by atoms with E-state index in [9.17, 15) is 24.3 Å². The van der Waals surface area contributed by atoms with Gasteiger partial charge < -0.3 is 14.4 Å². The van der Waals surface area contributed by atoms with Gasteiger partial charge in [0.15, 0.2) is 5.60 Å². The Morgan fingerprint density at radius 2 is 1.53 bits per heavy atom. The molecule has 1 heterocycles. The van der Waals surface area contributed by atoms with Crippen LogP contribution in [0.1, 0.15) is 88.8 Å². The van der Waals surface area contributed by atoms with E-state index in [1.165, 1.54) is 0 Å². The zero-order valence-corrected chi connectivity index (χ0v) is 22.1. The zero-order chi connectivity index (χ0) is 26.6. The van der Waals surface area contributed by atoms with Crippen LogP contribution in [0.4, 0.5) is 0 Å². The Labute approximate surface area is 211 Å². The molecule has 7 nitrogen and oxygen atoms in total. The van der Waals surface area contributed by atoms with Gasteiger partial charge in [0.2, 0.25) is 0 Å². The van der Waals surface area contributed by atoms with Crippen LogP contribution in [0.3, 0.4) is 0 Å². The lowest BCUT2D eigenvalue weighted by Crippen LogP contribution is -2.32. The van der Waals surface area contributed by atoms with Crippen LogP contribution in [-0.2, 0) is 14.9 Å². The fourth-order valence-electron chi connectivity index (χ4n) is 5.25. The second-order valence-electron chi connectivity index (χ2n) is 9.92. The van der Waals surface area contributed by atoms with Crippen molar-refractivity contribution in [3.63, 3.8) is 0 Å². The molecular weight excluding hydrogens is 479 g/mol. The largest absolute Gasteiger partial charge is 0.524 e. The second-order valence-corrected chi connectivity index (χ2v) is 11.1. The minimum Gasteiger partial charge on any atom is -0.508 e. The number of aryl methyl sites for hydroxylation is 1. The molecule has 0 aromatic heterocycles. The van der Waals surface area contributed by atoms with Gasteiger partial charge in [-0.25, -0.2) is 9.36 Å². The third-order valence-corrected chi connectivity index (χ3v) is 7.23. The topological polar surface area (TPSA) is 113 Å². The first-order valence-electron chi connectivity index (χ1n) is 11.8. The zero-order valence-electron chi connectivity index (χ0n) is 21.2. The monoisotopic (exact) mass is 510 g/mol. The van der Waals surface area contributed by atoms with Crippen molar-refractivity contribution < 1.29 is 33.5 Å². The van der Waals surface area contributed by atoms with Crippen molar-refractivity contribution in [2.45, 2.75) is 59.0 Å². The molecule has 190 valence electrons. The summed E-state index contributed by atoms with van der Waals surface area (Å²) in [6.45, 7) is 11.7. The number of phenols is 1. The van der Waals surface area contributed by atoms with E-state index in [0.29, 0.717) is 16.7 Å². The lowest BCUT2D eigenvalue weighted by atomic mass is 9.75. The van der Waals surface area contributed by atoms with Crippen LogP contribution in [0.15, 0.2) is 48.5 Å². The first kappa shape index (κ1) is 26.0. The van der Waals surface area contributed by atoms with Crippen molar-refractivity contribution in [2.24, 2.45) is 0 Å². The van der Waals surface area contributed by atoms with E-state index in [1.54, 1.807) is 48.5 Å². The van der Waals surface area contributed by atoms with Crippen LogP contribution in [0.25, 0.3) is 0 Å². The quantitative estimate of drug-likeness (QED) is 0.268. The summed E-state index contributed by atoms with van der Waals surface area (Å²) in [6, 6.07) is 13.5. The van der Waals surface area contributed by atoms with Crippen molar-refractivity contribution >= 4 is 13.8 Å². The summed E-state index contributed by atoms with van der Waals surface area (Å²) in [5.41, 5.74) is 3.35. The van der Waals surface area contributed by atoms with Gasteiger partial charge in [-0.15, -0.1) is 0 Å². The number of cyclic esters (lactones) is 1. The molecule has 0 spiro atoms. The van der Waals surface area contributed by atoms with Crippen molar-refractivity contribution in [2.75, 3.05) is 0 Å². The number of phosphoric ester groups is 1. The molecule has 1 unspecified atom stereocenters. The van der Waals surface area contributed by atoms with Gasteiger partial charge in [-0.05, 0) is 78.3 Å². The van der Waals surface area contributed by atoms with Crippen molar-refractivity contribution in [3.05, 3.63) is 93.0 Å². The number of aromatic hydroxyl groups is 1. The summed E-state index contributed by atoms with van der Waals surface area (Å²) in [5, 5.41) is 10.7. The Hall–Kier alpha value is -3.12. The number of hydrogen-bond acceptors (Lipinski definition) is 5. The van der Waals surface area contributed by atoms with Gasteiger partial charge >= 0.3 is 13.8 Å². The molecule has 8 heteroatoms. The number of carbonyl (C=O) groups excluding carboxylic acids is 1. The molecule has 36 heavy (non-hydrogen) atoms. The van der Waals surface area contributed by atoms with Gasteiger partial charge in [-0.2, -0.15) is 0 Å². The van der Waals surface area contributed by atoms with E-state index in [1.807, 2.05) is 41.5 Å². The lowest BCUT2D eigenvalue weighted by molar-refractivity contribution is 0.0244. The maximum absolute atomic E-state index is 13.2. The molecule has 0 radical (unpaired) electrons. The summed E-state index contributed by atoms with van der Waals surface area (Å²) in [5.74, 6) is -0.561. The van der Waals surface area contributed by atoms with Gasteiger partial charge in [0.1, 0.15) is 11.5 Å².